The van der Waals surface area contributed by atoms with Gasteiger partial charge in [-0.05, 0) is 46.9 Å². The molecular formula is C15H23BN2O2. The number of nitrogens with one attached hydrogen (secondary N) is 1. The quantitative estimate of drug-likeness (QED) is 0.847. The summed E-state index contributed by atoms with van der Waals surface area (Å²) in [6.07, 6.45) is 5.85. The zero-order chi connectivity index (χ0) is 14.8. The van der Waals surface area contributed by atoms with Gasteiger partial charge in [0.1, 0.15) is 0 Å². The van der Waals surface area contributed by atoms with Crippen LogP contribution < -0.4 is 10.8 Å². The van der Waals surface area contributed by atoms with Gasteiger partial charge < -0.3 is 14.6 Å². The molecule has 1 aromatic heterocycles. The smallest absolute Gasteiger partial charge is 0.399 e. The summed E-state index contributed by atoms with van der Waals surface area (Å²) in [7, 11) is 1.57. The summed E-state index contributed by atoms with van der Waals surface area (Å²) in [6.45, 7) is 9.04. The van der Waals surface area contributed by atoms with Gasteiger partial charge in [-0.3, -0.25) is 4.98 Å². The molecule has 108 valence electrons. The average molecular weight is 274 g/mol. The fraction of sp³-hybridized carbons (Fsp3) is 0.533. The van der Waals surface area contributed by atoms with Gasteiger partial charge in [0.2, 0.25) is 0 Å². The van der Waals surface area contributed by atoms with E-state index in [1.165, 1.54) is 0 Å². The highest BCUT2D eigenvalue weighted by Crippen LogP contribution is 2.36. The van der Waals surface area contributed by atoms with Gasteiger partial charge in [-0.2, -0.15) is 0 Å². The van der Waals surface area contributed by atoms with Crippen molar-refractivity contribution in [1.29, 1.82) is 0 Å². The summed E-state index contributed by atoms with van der Waals surface area (Å²) in [6, 6.07) is 3.99. The van der Waals surface area contributed by atoms with Gasteiger partial charge in [0.15, 0.2) is 0 Å². The highest BCUT2D eigenvalue weighted by Gasteiger charge is 2.51. The molecule has 1 aliphatic heterocycles. The van der Waals surface area contributed by atoms with Crippen LogP contribution in [-0.4, -0.2) is 36.9 Å². The van der Waals surface area contributed by atoms with E-state index in [1.54, 1.807) is 0 Å². The van der Waals surface area contributed by atoms with E-state index in [0.717, 1.165) is 17.7 Å². The van der Waals surface area contributed by atoms with E-state index in [9.17, 15) is 0 Å². The lowest BCUT2D eigenvalue weighted by atomic mass is 9.80. The third kappa shape index (κ3) is 3.11. The van der Waals surface area contributed by atoms with Crippen molar-refractivity contribution in [3.63, 3.8) is 0 Å². The van der Waals surface area contributed by atoms with Crippen LogP contribution in [0.5, 0.6) is 0 Å². The fourth-order valence-corrected chi connectivity index (χ4v) is 1.93. The normalized spacial score (nSPS) is 20.8. The molecular weight excluding hydrogens is 251 g/mol. The van der Waals surface area contributed by atoms with Gasteiger partial charge >= 0.3 is 7.12 Å². The lowest BCUT2D eigenvalue weighted by Gasteiger charge is -2.32. The highest BCUT2D eigenvalue weighted by atomic mass is 16.7. The van der Waals surface area contributed by atoms with Crippen LogP contribution in [-0.2, 0) is 9.31 Å². The first kappa shape index (κ1) is 15.2. The van der Waals surface area contributed by atoms with Gasteiger partial charge in [0.25, 0.3) is 0 Å². The van der Waals surface area contributed by atoms with E-state index in [0.29, 0.717) is 0 Å². The maximum atomic E-state index is 6.00. The average Bonchev–Trinajstić information content (AvgIpc) is 2.60. The molecule has 2 heterocycles. The molecule has 1 aliphatic rings. The maximum absolute atomic E-state index is 6.00. The summed E-state index contributed by atoms with van der Waals surface area (Å²) >= 11 is 0. The Bertz CT molecular complexity index is 467. The van der Waals surface area contributed by atoms with Crippen molar-refractivity contribution >= 4 is 18.7 Å². The minimum Gasteiger partial charge on any atom is -0.399 e. The summed E-state index contributed by atoms with van der Waals surface area (Å²) in [5.41, 5.74) is 1.25. The van der Waals surface area contributed by atoms with E-state index in [1.807, 2.05) is 37.5 Å². The third-order valence-corrected chi connectivity index (χ3v) is 3.95. The van der Waals surface area contributed by atoms with Crippen molar-refractivity contribution in [2.24, 2.45) is 0 Å². The second-order valence-electron chi connectivity index (χ2n) is 6.06. The van der Waals surface area contributed by atoms with Crippen LogP contribution in [0.1, 0.15) is 33.4 Å². The first-order valence-electron chi connectivity index (χ1n) is 6.98. The molecule has 0 atom stereocenters. The van der Waals surface area contributed by atoms with Gasteiger partial charge in [-0.1, -0.05) is 12.1 Å². The Hall–Kier alpha value is -1.17. The molecule has 0 bridgehead atoms. The minimum absolute atomic E-state index is 0.316. The number of hydrogen-bond donors (Lipinski definition) is 1. The van der Waals surface area contributed by atoms with Crippen LogP contribution in [0.2, 0.25) is 0 Å². The molecule has 1 saturated heterocycles. The number of aromatic nitrogens is 1. The largest absolute Gasteiger partial charge is 0.496 e. The van der Waals surface area contributed by atoms with Crippen molar-refractivity contribution in [1.82, 2.24) is 10.3 Å². The van der Waals surface area contributed by atoms with E-state index >= 15 is 0 Å². The molecule has 1 fully saturated rings. The van der Waals surface area contributed by atoms with Gasteiger partial charge in [-0.15, -0.1) is 0 Å². The number of hydrogen-bond acceptors (Lipinski definition) is 4. The van der Waals surface area contributed by atoms with Gasteiger partial charge in [-0.25, -0.2) is 0 Å². The molecule has 0 unspecified atom stereocenters. The van der Waals surface area contributed by atoms with Crippen LogP contribution in [0, 0.1) is 0 Å². The Morgan fingerprint density at radius 3 is 2.35 bits per heavy atom. The Labute approximate surface area is 121 Å². The number of likely N-dealkylation sites (N-methyl/N-ethyl adjacent to an activating group) is 1. The molecule has 20 heavy (non-hydrogen) atoms. The number of nitrogens with zero attached hydrogens (tertiary/aromatic N) is 1. The second-order valence-corrected chi connectivity index (χ2v) is 6.06. The SMILES string of the molecule is CNCC=Cc1ccc(B2OC(C)(C)C(C)(C)O2)cn1. The molecule has 1 aromatic rings. The molecule has 0 spiro atoms. The minimum atomic E-state index is -0.345. The van der Waals surface area contributed by atoms with Crippen molar-refractivity contribution in [3.8, 4) is 0 Å². The maximum Gasteiger partial charge on any atom is 0.496 e. The van der Waals surface area contributed by atoms with E-state index < -0.39 is 0 Å². The lowest BCUT2D eigenvalue weighted by Crippen LogP contribution is -2.41. The molecule has 0 saturated carbocycles. The van der Waals surface area contributed by atoms with Gasteiger partial charge in [0.05, 0.1) is 16.9 Å². The molecule has 4 nitrogen and oxygen atoms in total. The topological polar surface area (TPSA) is 43.4 Å². The summed E-state index contributed by atoms with van der Waals surface area (Å²) < 4.78 is 12.0. The molecule has 0 aromatic carbocycles. The molecule has 2 rings (SSSR count). The summed E-state index contributed by atoms with van der Waals surface area (Å²) in [5, 5.41) is 3.06. The van der Waals surface area contributed by atoms with Crippen molar-refractivity contribution < 1.29 is 9.31 Å². The summed E-state index contributed by atoms with van der Waals surface area (Å²) in [5.74, 6) is 0. The molecule has 5 heteroatoms. The highest BCUT2D eigenvalue weighted by molar-refractivity contribution is 6.62. The van der Waals surface area contributed by atoms with Crippen LogP contribution in [0.4, 0.5) is 0 Å². The Kier molecular flexibility index (Phi) is 4.32. The zero-order valence-corrected chi connectivity index (χ0v) is 12.9. The van der Waals surface area contributed by atoms with Crippen LogP contribution in [0.3, 0.4) is 0 Å². The van der Waals surface area contributed by atoms with Gasteiger partial charge in [0, 0.05) is 18.2 Å². The van der Waals surface area contributed by atoms with Crippen LogP contribution in [0.25, 0.3) is 6.08 Å². The van der Waals surface area contributed by atoms with Crippen LogP contribution in [0.15, 0.2) is 24.4 Å². The second kappa shape index (κ2) is 5.68. The summed E-state index contributed by atoms with van der Waals surface area (Å²) in [4.78, 5) is 4.42. The first-order chi connectivity index (χ1) is 9.36. The number of rotatable bonds is 4. The predicted octanol–water partition coefficient (Wildman–Crippen LogP) is 1.61. The Morgan fingerprint density at radius 1 is 1.20 bits per heavy atom. The Balaban J connectivity index is 2.08. The number of pyridine rings is 1. The van der Waals surface area contributed by atoms with Crippen molar-refractivity contribution in [2.45, 2.75) is 38.9 Å². The standard InChI is InChI=1S/C15H23BN2O2/c1-14(2)15(3,4)20-16(19-14)12-8-9-13(18-11-12)7-6-10-17-5/h6-9,11,17H,10H2,1-5H3. The first-order valence-corrected chi connectivity index (χ1v) is 6.98. The predicted molar refractivity (Wildman–Crippen MR) is 82.9 cm³/mol. The zero-order valence-electron chi connectivity index (χ0n) is 12.9. The lowest BCUT2D eigenvalue weighted by molar-refractivity contribution is 0.00578. The fourth-order valence-electron chi connectivity index (χ4n) is 1.93. The molecule has 1 N–H and O–H groups in total. The van der Waals surface area contributed by atoms with Crippen LogP contribution >= 0.6 is 0 Å². The Morgan fingerprint density at radius 2 is 1.85 bits per heavy atom. The van der Waals surface area contributed by atoms with Crippen molar-refractivity contribution in [2.75, 3.05) is 13.6 Å². The van der Waals surface area contributed by atoms with E-state index in [-0.39, 0.29) is 18.3 Å². The van der Waals surface area contributed by atoms with E-state index in [4.69, 9.17) is 9.31 Å². The molecule has 0 amide bonds. The third-order valence-electron chi connectivity index (χ3n) is 3.95. The molecule has 0 aliphatic carbocycles. The van der Waals surface area contributed by atoms with Crippen molar-refractivity contribution in [3.05, 3.63) is 30.1 Å². The molecule has 0 radical (unpaired) electrons. The van der Waals surface area contributed by atoms with E-state index in [2.05, 4.69) is 38.0 Å². The monoisotopic (exact) mass is 274 g/mol.